The van der Waals surface area contributed by atoms with Gasteiger partial charge in [-0.3, -0.25) is 0 Å². The summed E-state index contributed by atoms with van der Waals surface area (Å²) in [6.07, 6.45) is 2.37. The van der Waals surface area contributed by atoms with Crippen LogP contribution in [-0.2, 0) is 0 Å². The second kappa shape index (κ2) is 2.99. The normalized spacial score (nSPS) is 29.1. The minimum absolute atomic E-state index is 0.355. The molecule has 0 aromatic heterocycles. The standard InChI is InChI=1S/C6H9NS/c7-4-6-2-1-3-8-5-6/h6H,1-3,5H2/t6-/m1/s1. The van der Waals surface area contributed by atoms with Crippen LogP contribution in [-0.4, -0.2) is 11.5 Å². The van der Waals surface area contributed by atoms with E-state index in [0.29, 0.717) is 5.92 Å². The summed E-state index contributed by atoms with van der Waals surface area (Å²) in [7, 11) is 0. The van der Waals surface area contributed by atoms with Crippen LogP contribution in [0.3, 0.4) is 0 Å². The summed E-state index contributed by atoms with van der Waals surface area (Å²) < 4.78 is 0. The van der Waals surface area contributed by atoms with Gasteiger partial charge in [0.25, 0.3) is 0 Å². The molecule has 0 saturated carbocycles. The zero-order chi connectivity index (χ0) is 5.82. The maximum atomic E-state index is 8.43. The van der Waals surface area contributed by atoms with Gasteiger partial charge in [0.1, 0.15) is 0 Å². The van der Waals surface area contributed by atoms with Gasteiger partial charge in [0.05, 0.1) is 12.0 Å². The maximum absolute atomic E-state index is 8.43. The van der Waals surface area contributed by atoms with E-state index < -0.39 is 0 Å². The highest BCUT2D eigenvalue weighted by Crippen LogP contribution is 2.21. The van der Waals surface area contributed by atoms with Crippen molar-refractivity contribution in [3.05, 3.63) is 0 Å². The van der Waals surface area contributed by atoms with E-state index in [9.17, 15) is 0 Å². The van der Waals surface area contributed by atoms with E-state index in [0.717, 1.165) is 12.2 Å². The molecule has 1 fully saturated rings. The van der Waals surface area contributed by atoms with Gasteiger partial charge in [-0.25, -0.2) is 0 Å². The predicted molar refractivity (Wildman–Crippen MR) is 35.7 cm³/mol. The van der Waals surface area contributed by atoms with Crippen LogP contribution in [0.2, 0.25) is 0 Å². The maximum Gasteiger partial charge on any atom is 0.0664 e. The van der Waals surface area contributed by atoms with Gasteiger partial charge in [-0.1, -0.05) is 0 Å². The molecule has 1 aliphatic heterocycles. The van der Waals surface area contributed by atoms with Crippen molar-refractivity contribution in [2.75, 3.05) is 11.5 Å². The highest BCUT2D eigenvalue weighted by molar-refractivity contribution is 7.99. The smallest absolute Gasteiger partial charge is 0.0664 e. The Kier molecular flexibility index (Phi) is 2.23. The molecule has 8 heavy (non-hydrogen) atoms. The zero-order valence-electron chi connectivity index (χ0n) is 4.76. The Morgan fingerprint density at radius 1 is 1.62 bits per heavy atom. The van der Waals surface area contributed by atoms with Crippen LogP contribution in [0.5, 0.6) is 0 Å². The van der Waals surface area contributed by atoms with E-state index in [1.54, 1.807) is 0 Å². The molecule has 0 N–H and O–H groups in total. The third-order valence-corrected chi connectivity index (χ3v) is 2.56. The van der Waals surface area contributed by atoms with Crippen molar-refractivity contribution >= 4 is 11.8 Å². The lowest BCUT2D eigenvalue weighted by molar-refractivity contribution is 0.642. The first-order valence-corrected chi connectivity index (χ1v) is 4.06. The van der Waals surface area contributed by atoms with Crippen molar-refractivity contribution in [1.29, 1.82) is 5.26 Å². The van der Waals surface area contributed by atoms with Crippen LogP contribution in [0.1, 0.15) is 12.8 Å². The third kappa shape index (κ3) is 1.41. The molecule has 0 spiro atoms. The topological polar surface area (TPSA) is 23.8 Å². The number of thioether (sulfide) groups is 1. The monoisotopic (exact) mass is 127 g/mol. The first-order chi connectivity index (χ1) is 3.93. The Morgan fingerprint density at radius 3 is 2.88 bits per heavy atom. The van der Waals surface area contributed by atoms with E-state index in [1.807, 2.05) is 11.8 Å². The van der Waals surface area contributed by atoms with Crippen molar-refractivity contribution in [2.45, 2.75) is 12.8 Å². The van der Waals surface area contributed by atoms with Crippen LogP contribution in [0, 0.1) is 17.2 Å². The lowest BCUT2D eigenvalue weighted by Crippen LogP contribution is -2.07. The van der Waals surface area contributed by atoms with Crippen LogP contribution < -0.4 is 0 Å². The summed E-state index contributed by atoms with van der Waals surface area (Å²) in [4.78, 5) is 0. The van der Waals surface area contributed by atoms with Gasteiger partial charge in [-0.05, 0) is 18.6 Å². The molecule has 1 atom stereocenters. The largest absolute Gasteiger partial charge is 0.198 e. The average molecular weight is 127 g/mol. The summed E-state index contributed by atoms with van der Waals surface area (Å²) >= 11 is 1.91. The Hall–Kier alpha value is -0.160. The van der Waals surface area contributed by atoms with Crippen LogP contribution in [0.4, 0.5) is 0 Å². The van der Waals surface area contributed by atoms with Gasteiger partial charge in [-0.15, -0.1) is 0 Å². The SMILES string of the molecule is N#C[C@H]1CCCSC1. The van der Waals surface area contributed by atoms with E-state index in [-0.39, 0.29) is 0 Å². The molecule has 0 amide bonds. The van der Waals surface area contributed by atoms with Gasteiger partial charge in [0.2, 0.25) is 0 Å². The van der Waals surface area contributed by atoms with E-state index in [1.165, 1.54) is 12.2 Å². The molecular weight excluding hydrogens is 118 g/mol. The molecule has 0 radical (unpaired) electrons. The summed E-state index contributed by atoms with van der Waals surface area (Å²) in [6, 6.07) is 2.28. The first-order valence-electron chi connectivity index (χ1n) is 2.91. The molecule has 44 valence electrons. The fraction of sp³-hybridized carbons (Fsp3) is 0.833. The quantitative estimate of drug-likeness (QED) is 0.494. The molecule has 1 nitrogen and oxygen atoms in total. The van der Waals surface area contributed by atoms with Crippen molar-refractivity contribution in [3.63, 3.8) is 0 Å². The fourth-order valence-corrected chi connectivity index (χ4v) is 1.91. The minimum Gasteiger partial charge on any atom is -0.198 e. The van der Waals surface area contributed by atoms with Gasteiger partial charge >= 0.3 is 0 Å². The Morgan fingerprint density at radius 2 is 2.50 bits per heavy atom. The van der Waals surface area contributed by atoms with E-state index >= 15 is 0 Å². The molecule has 0 unspecified atom stereocenters. The zero-order valence-corrected chi connectivity index (χ0v) is 5.58. The second-order valence-corrected chi connectivity index (χ2v) is 3.19. The van der Waals surface area contributed by atoms with Gasteiger partial charge in [-0.2, -0.15) is 17.0 Å². The van der Waals surface area contributed by atoms with Crippen molar-refractivity contribution in [2.24, 2.45) is 5.92 Å². The van der Waals surface area contributed by atoms with Gasteiger partial charge in [0, 0.05) is 5.75 Å². The van der Waals surface area contributed by atoms with E-state index in [4.69, 9.17) is 5.26 Å². The Labute approximate surface area is 54.1 Å². The molecule has 0 aromatic carbocycles. The van der Waals surface area contributed by atoms with Crippen LogP contribution >= 0.6 is 11.8 Å². The van der Waals surface area contributed by atoms with Crippen molar-refractivity contribution in [1.82, 2.24) is 0 Å². The summed E-state index contributed by atoms with van der Waals surface area (Å²) in [5.41, 5.74) is 0. The summed E-state index contributed by atoms with van der Waals surface area (Å²) in [6.45, 7) is 0. The predicted octanol–water partition coefficient (Wildman–Crippen LogP) is 1.65. The summed E-state index contributed by atoms with van der Waals surface area (Å²) in [5.74, 6) is 2.68. The number of hydrogen-bond donors (Lipinski definition) is 0. The molecule has 0 aromatic rings. The molecule has 1 heterocycles. The molecule has 0 aliphatic carbocycles. The second-order valence-electron chi connectivity index (χ2n) is 2.04. The average Bonchev–Trinajstić information content (AvgIpc) is 1.90. The Bertz CT molecular complexity index is 99.6. The minimum atomic E-state index is 0.355. The van der Waals surface area contributed by atoms with Crippen molar-refractivity contribution in [3.8, 4) is 6.07 Å². The van der Waals surface area contributed by atoms with Crippen molar-refractivity contribution < 1.29 is 0 Å². The number of nitriles is 1. The lowest BCUT2D eigenvalue weighted by atomic mass is 10.1. The van der Waals surface area contributed by atoms with E-state index in [2.05, 4.69) is 6.07 Å². The Balaban J connectivity index is 2.25. The van der Waals surface area contributed by atoms with Gasteiger partial charge in [0.15, 0.2) is 0 Å². The first kappa shape index (κ1) is 5.97. The lowest BCUT2D eigenvalue weighted by Gasteiger charge is -2.12. The van der Waals surface area contributed by atoms with Crippen LogP contribution in [0.25, 0.3) is 0 Å². The fourth-order valence-electron chi connectivity index (χ4n) is 0.843. The number of rotatable bonds is 0. The molecule has 1 saturated heterocycles. The molecule has 1 aliphatic rings. The highest BCUT2D eigenvalue weighted by Gasteiger charge is 2.11. The molecule has 1 rings (SSSR count). The molecule has 0 bridgehead atoms. The number of nitrogens with zero attached hydrogens (tertiary/aromatic N) is 1. The number of hydrogen-bond acceptors (Lipinski definition) is 2. The van der Waals surface area contributed by atoms with Gasteiger partial charge < -0.3 is 0 Å². The summed E-state index contributed by atoms with van der Waals surface area (Å²) in [5, 5.41) is 8.43. The molecule has 2 heteroatoms. The highest BCUT2D eigenvalue weighted by atomic mass is 32.2. The molecular formula is C6H9NS. The van der Waals surface area contributed by atoms with Crippen LogP contribution in [0.15, 0.2) is 0 Å². The third-order valence-electron chi connectivity index (χ3n) is 1.34.